The zero-order valence-electron chi connectivity index (χ0n) is 28.1. The van der Waals surface area contributed by atoms with Crippen molar-refractivity contribution in [1.82, 2.24) is 0 Å². The minimum absolute atomic E-state index is 0.0319. The summed E-state index contributed by atoms with van der Waals surface area (Å²) < 4.78 is 80.7. The maximum atomic E-state index is 13.0. The maximum absolute atomic E-state index is 13.0. The fraction of sp³-hybridized carbons (Fsp3) is 0.920. The number of hydrogen-bond acceptors (Lipinski definition) is 15. The van der Waals surface area contributed by atoms with Crippen LogP contribution in [0.5, 0.6) is 0 Å². The molecule has 1 rings (SSSR count). The molecular formula is C25H50O22P4. The Bertz CT molecular complexity index is 1210. The van der Waals surface area contributed by atoms with E-state index in [0.717, 1.165) is 44.9 Å². The third kappa shape index (κ3) is 21.1. The summed E-state index contributed by atoms with van der Waals surface area (Å²) in [6, 6.07) is 0. The van der Waals surface area contributed by atoms with E-state index in [0.29, 0.717) is 19.3 Å². The molecule has 0 aromatic rings. The van der Waals surface area contributed by atoms with Gasteiger partial charge in [-0.2, -0.15) is 0 Å². The lowest BCUT2D eigenvalue weighted by Gasteiger charge is -2.45. The first-order valence-electron chi connectivity index (χ1n) is 16.1. The van der Waals surface area contributed by atoms with Crippen LogP contribution in [0.3, 0.4) is 0 Å². The summed E-state index contributed by atoms with van der Waals surface area (Å²) >= 11 is 0. The van der Waals surface area contributed by atoms with E-state index in [-0.39, 0.29) is 12.8 Å². The Morgan fingerprint density at radius 1 is 0.549 bits per heavy atom. The number of ether oxygens (including phenoxy) is 2. The average molecular weight is 827 g/mol. The van der Waals surface area contributed by atoms with Crippen LogP contribution in [0.2, 0.25) is 0 Å². The van der Waals surface area contributed by atoms with E-state index in [2.05, 4.69) is 13.6 Å². The Balaban J connectivity index is 3.19. The van der Waals surface area contributed by atoms with Gasteiger partial charge in [0.2, 0.25) is 0 Å². The van der Waals surface area contributed by atoms with Crippen molar-refractivity contribution in [1.29, 1.82) is 0 Å². The molecule has 9 N–H and O–H groups in total. The van der Waals surface area contributed by atoms with E-state index in [1.165, 1.54) is 0 Å². The number of esters is 2. The smallest absolute Gasteiger partial charge is 0.462 e. The topological polar surface area (TPSA) is 349 Å². The molecule has 0 radical (unpaired) electrons. The van der Waals surface area contributed by atoms with Crippen LogP contribution in [0.1, 0.15) is 90.9 Å². The predicted octanol–water partition coefficient (Wildman–Crippen LogP) is 1.83. The highest BCUT2D eigenvalue weighted by atomic mass is 31.2. The molecule has 3 unspecified atom stereocenters. The largest absolute Gasteiger partial charge is 0.472 e. The van der Waals surface area contributed by atoms with Gasteiger partial charge in [0.25, 0.3) is 0 Å². The summed E-state index contributed by atoms with van der Waals surface area (Å²) in [7, 11) is -22.9. The van der Waals surface area contributed by atoms with E-state index in [1.54, 1.807) is 0 Å². The predicted molar refractivity (Wildman–Crippen MR) is 171 cm³/mol. The number of unbranched alkanes of at least 4 members (excludes halogenated alkanes) is 8. The molecule has 0 amide bonds. The average Bonchev–Trinajstić information content (AvgIpc) is 2.99. The molecule has 0 aromatic heterocycles. The van der Waals surface area contributed by atoms with Crippen LogP contribution in [0, 0.1) is 0 Å². The van der Waals surface area contributed by atoms with Crippen molar-refractivity contribution >= 4 is 43.2 Å². The van der Waals surface area contributed by atoms with Crippen LogP contribution >= 0.6 is 31.3 Å². The first-order chi connectivity index (χ1) is 23.5. The van der Waals surface area contributed by atoms with Crippen LogP contribution in [-0.4, -0.2) is 112 Å². The molecular weight excluding hydrogens is 776 g/mol. The van der Waals surface area contributed by atoms with Crippen LogP contribution in [0.25, 0.3) is 0 Å². The Hall–Kier alpha value is -0.700. The highest BCUT2D eigenvalue weighted by Crippen LogP contribution is 2.53. The van der Waals surface area contributed by atoms with Crippen LogP contribution in [-0.2, 0) is 59.9 Å². The van der Waals surface area contributed by atoms with Gasteiger partial charge in [0.1, 0.15) is 43.2 Å². The lowest BCUT2D eigenvalue weighted by Crippen LogP contribution is -2.65. The van der Waals surface area contributed by atoms with Crippen molar-refractivity contribution in [3.05, 3.63) is 0 Å². The zero-order valence-corrected chi connectivity index (χ0v) is 31.6. The number of phosphoric acid groups is 4. The number of phosphoric ester groups is 4. The van der Waals surface area contributed by atoms with Crippen molar-refractivity contribution in [2.45, 2.75) is 134 Å². The number of rotatable bonds is 26. The Morgan fingerprint density at radius 3 is 1.39 bits per heavy atom. The van der Waals surface area contributed by atoms with Gasteiger partial charge in [0, 0.05) is 12.8 Å². The quantitative estimate of drug-likeness (QED) is 0.0341. The molecule has 8 atom stereocenters. The van der Waals surface area contributed by atoms with Crippen molar-refractivity contribution in [3.63, 3.8) is 0 Å². The molecule has 51 heavy (non-hydrogen) atoms. The summed E-state index contributed by atoms with van der Waals surface area (Å²) in [5.74, 6) is -1.43. The fourth-order valence-corrected chi connectivity index (χ4v) is 7.50. The summed E-state index contributed by atoms with van der Waals surface area (Å²) in [5.41, 5.74) is 0. The van der Waals surface area contributed by atoms with E-state index >= 15 is 0 Å². The van der Waals surface area contributed by atoms with Gasteiger partial charge in [-0.1, -0.05) is 65.2 Å². The third-order valence-electron chi connectivity index (χ3n) is 7.15. The summed E-state index contributed by atoms with van der Waals surface area (Å²) in [6.07, 6.45) is -9.83. The lowest BCUT2D eigenvalue weighted by molar-refractivity contribution is -0.209. The molecule has 1 fully saturated rings. The molecule has 302 valence electrons. The molecule has 22 nitrogen and oxygen atoms in total. The zero-order chi connectivity index (χ0) is 39.0. The number of aliphatic hydroxyl groups is 2. The molecule has 1 saturated carbocycles. The molecule has 26 heteroatoms. The van der Waals surface area contributed by atoms with Gasteiger partial charge in [-0.05, 0) is 12.8 Å². The van der Waals surface area contributed by atoms with Gasteiger partial charge in [-0.25, -0.2) is 18.3 Å². The Kier molecular flexibility index (Phi) is 21.4. The molecule has 0 spiro atoms. The normalized spacial score (nSPS) is 24.8. The van der Waals surface area contributed by atoms with Crippen molar-refractivity contribution in [2.24, 2.45) is 0 Å². The summed E-state index contributed by atoms with van der Waals surface area (Å²) in [4.78, 5) is 91.0. The first-order valence-corrected chi connectivity index (χ1v) is 22.2. The monoisotopic (exact) mass is 826 g/mol. The standard InChI is InChI=1S/C25H50O22P4/c1-3-5-7-9-11-13-18(26)41-15-17(43-19(27)14-12-10-8-6-4-2)16-42-51(39,40)47-22-20(28)23(44-48(30,31)32)25(46-50(36,37)38)24(21(22)29)45-49(33,34)35/h17,20-25,28-29H,3-16H2,1-2H3,(H,39,40)(H2,30,31,32)(H2,33,34,35)(H2,36,37,38)/t17-,20+,21+,22?,23-,24+,25?/m1/s1. The van der Waals surface area contributed by atoms with Gasteiger partial charge < -0.3 is 53.9 Å². The van der Waals surface area contributed by atoms with E-state index < -0.39 is 99.2 Å². The third-order valence-corrected chi connectivity index (χ3v) is 9.69. The maximum Gasteiger partial charge on any atom is 0.472 e. The SMILES string of the molecule is CCCCCCCC(=O)OC[C@H](COP(=O)(O)OC1[C@H](O)[C@H](OP(=O)(O)O)C(OP(=O)(O)O)[C@H](OP(=O)(O)O)[C@H]1O)OC(=O)CCCCCCC. The van der Waals surface area contributed by atoms with E-state index in [9.17, 15) is 72.3 Å². The van der Waals surface area contributed by atoms with Crippen molar-refractivity contribution in [3.8, 4) is 0 Å². The number of aliphatic hydroxyl groups excluding tert-OH is 2. The minimum Gasteiger partial charge on any atom is -0.462 e. The molecule has 1 aliphatic carbocycles. The van der Waals surface area contributed by atoms with Crippen molar-refractivity contribution in [2.75, 3.05) is 13.2 Å². The van der Waals surface area contributed by atoms with Gasteiger partial charge >= 0.3 is 43.2 Å². The molecule has 0 aromatic carbocycles. The second kappa shape index (κ2) is 22.6. The Morgan fingerprint density at radius 2 is 0.961 bits per heavy atom. The first kappa shape index (κ1) is 48.3. The van der Waals surface area contributed by atoms with Crippen LogP contribution in [0.15, 0.2) is 0 Å². The molecule has 0 heterocycles. The van der Waals surface area contributed by atoms with E-state index in [4.69, 9.17) is 18.5 Å². The van der Waals surface area contributed by atoms with E-state index in [1.807, 2.05) is 13.8 Å². The lowest BCUT2D eigenvalue weighted by atomic mass is 9.85. The minimum atomic E-state index is -5.76. The highest BCUT2D eigenvalue weighted by Gasteiger charge is 2.59. The number of carbonyl (C=O) groups excluding carboxylic acids is 2. The summed E-state index contributed by atoms with van der Waals surface area (Å²) in [6.45, 7) is 2.38. The molecule has 0 saturated heterocycles. The molecule has 1 aliphatic rings. The number of carbonyl (C=O) groups is 2. The van der Waals surface area contributed by atoms with Crippen LogP contribution in [0.4, 0.5) is 0 Å². The fourth-order valence-electron chi connectivity index (χ4n) is 4.84. The Labute approximate surface area is 294 Å². The highest BCUT2D eigenvalue weighted by molar-refractivity contribution is 7.47. The van der Waals surface area contributed by atoms with Gasteiger partial charge in [0.15, 0.2) is 6.10 Å². The van der Waals surface area contributed by atoms with Gasteiger partial charge in [0.05, 0.1) is 6.61 Å². The molecule has 0 aliphatic heterocycles. The van der Waals surface area contributed by atoms with Gasteiger partial charge in [-0.15, -0.1) is 0 Å². The van der Waals surface area contributed by atoms with Crippen LogP contribution < -0.4 is 0 Å². The second-order valence-corrected chi connectivity index (χ2v) is 16.6. The summed E-state index contributed by atoms with van der Waals surface area (Å²) in [5, 5.41) is 21.5. The second-order valence-electron chi connectivity index (χ2n) is 11.6. The van der Waals surface area contributed by atoms with Gasteiger partial charge in [-0.3, -0.25) is 32.2 Å². The molecule has 0 bridgehead atoms. The number of hydrogen-bond donors (Lipinski definition) is 9. The van der Waals surface area contributed by atoms with Crippen molar-refractivity contribution < 1.29 is 104 Å².